The van der Waals surface area contributed by atoms with Crippen LogP contribution in [0.4, 0.5) is 0 Å². The molecule has 11 heavy (non-hydrogen) atoms. The van der Waals surface area contributed by atoms with Crippen LogP contribution in [0.1, 0.15) is 19.8 Å². The van der Waals surface area contributed by atoms with Crippen LogP contribution in [0.15, 0.2) is 0 Å². The molecule has 2 nitrogen and oxygen atoms in total. The minimum absolute atomic E-state index is 0.508. The molecule has 0 fully saturated rings. The van der Waals surface area contributed by atoms with Crippen LogP contribution in [-0.4, -0.2) is 22.3 Å². The summed E-state index contributed by atoms with van der Waals surface area (Å²) in [6.07, 6.45) is 1.68. The van der Waals surface area contributed by atoms with Gasteiger partial charge in [0.15, 0.2) is 0 Å². The third-order valence-electron chi connectivity index (χ3n) is 1.11. The van der Waals surface area contributed by atoms with E-state index < -0.39 is 10.8 Å². The van der Waals surface area contributed by atoms with Crippen LogP contribution in [0.3, 0.4) is 0 Å². The molecule has 0 aliphatic carbocycles. The van der Waals surface area contributed by atoms with E-state index in [1.807, 2.05) is 6.92 Å². The molecule has 1 unspecified atom stereocenters. The van der Waals surface area contributed by atoms with Gasteiger partial charge in [0.05, 0.1) is 5.75 Å². The predicted molar refractivity (Wildman–Crippen MR) is 49.6 cm³/mol. The summed E-state index contributed by atoms with van der Waals surface area (Å²) in [6.45, 7) is 2.60. The molecule has 0 saturated carbocycles. The van der Waals surface area contributed by atoms with Gasteiger partial charge in [-0.3, -0.25) is 4.21 Å². The van der Waals surface area contributed by atoms with Gasteiger partial charge in [0.25, 0.3) is 0 Å². The largest absolute Gasteiger partial charge is 0.330 e. The van der Waals surface area contributed by atoms with E-state index in [0.29, 0.717) is 18.1 Å². The van der Waals surface area contributed by atoms with Crippen molar-refractivity contribution >= 4 is 10.8 Å². The van der Waals surface area contributed by atoms with Gasteiger partial charge >= 0.3 is 0 Å². The van der Waals surface area contributed by atoms with Gasteiger partial charge in [0.1, 0.15) is 0 Å². The van der Waals surface area contributed by atoms with Crippen molar-refractivity contribution in [2.24, 2.45) is 5.73 Å². The van der Waals surface area contributed by atoms with Crippen molar-refractivity contribution in [1.82, 2.24) is 0 Å². The van der Waals surface area contributed by atoms with E-state index in [4.69, 9.17) is 5.73 Å². The lowest BCUT2D eigenvalue weighted by molar-refractivity contribution is 0.683. The van der Waals surface area contributed by atoms with E-state index >= 15 is 0 Å². The quantitative estimate of drug-likeness (QED) is 0.629. The SMILES string of the molecule is CCC#CCS(=O)CCCN. The van der Waals surface area contributed by atoms with Crippen LogP contribution >= 0.6 is 0 Å². The normalized spacial score (nSPS) is 11.8. The Labute approximate surface area is 71.0 Å². The van der Waals surface area contributed by atoms with Crippen molar-refractivity contribution in [3.8, 4) is 11.8 Å². The predicted octanol–water partition coefficient (Wildman–Crippen LogP) is 0.497. The highest BCUT2D eigenvalue weighted by Crippen LogP contribution is 1.84. The van der Waals surface area contributed by atoms with Gasteiger partial charge in [-0.15, -0.1) is 5.92 Å². The highest BCUT2D eigenvalue weighted by atomic mass is 32.2. The summed E-state index contributed by atoms with van der Waals surface area (Å²) in [6, 6.07) is 0. The van der Waals surface area contributed by atoms with Crippen LogP contribution in [0.2, 0.25) is 0 Å². The summed E-state index contributed by atoms with van der Waals surface area (Å²) in [4.78, 5) is 0. The van der Waals surface area contributed by atoms with Crippen LogP contribution in [0.5, 0.6) is 0 Å². The second kappa shape index (κ2) is 7.77. The van der Waals surface area contributed by atoms with Crippen molar-refractivity contribution in [2.75, 3.05) is 18.1 Å². The molecule has 0 aromatic heterocycles. The van der Waals surface area contributed by atoms with Gasteiger partial charge in [-0.05, 0) is 13.0 Å². The number of rotatable bonds is 4. The Morgan fingerprint density at radius 3 is 2.73 bits per heavy atom. The first-order chi connectivity index (χ1) is 5.31. The van der Waals surface area contributed by atoms with Crippen LogP contribution in [0, 0.1) is 11.8 Å². The fourth-order valence-electron chi connectivity index (χ4n) is 0.573. The maximum absolute atomic E-state index is 11.0. The second-order valence-corrected chi connectivity index (χ2v) is 3.71. The van der Waals surface area contributed by atoms with Crippen LogP contribution < -0.4 is 5.73 Å². The minimum atomic E-state index is -0.775. The molecule has 0 spiro atoms. The third-order valence-corrected chi connectivity index (χ3v) is 2.32. The summed E-state index contributed by atoms with van der Waals surface area (Å²) >= 11 is 0. The monoisotopic (exact) mass is 173 g/mol. The summed E-state index contributed by atoms with van der Waals surface area (Å²) in [7, 11) is -0.775. The first-order valence-corrected chi connectivity index (χ1v) is 5.30. The maximum Gasteiger partial charge on any atom is 0.0847 e. The fourth-order valence-corrected chi connectivity index (χ4v) is 1.47. The average molecular weight is 173 g/mol. The van der Waals surface area contributed by atoms with E-state index in [-0.39, 0.29) is 0 Å². The van der Waals surface area contributed by atoms with Gasteiger partial charge in [-0.2, -0.15) is 0 Å². The summed E-state index contributed by atoms with van der Waals surface area (Å²) in [5.74, 6) is 6.93. The van der Waals surface area contributed by atoms with Gasteiger partial charge in [0.2, 0.25) is 0 Å². The molecule has 1 atom stereocenters. The molecule has 64 valence electrons. The zero-order valence-corrected chi connectivity index (χ0v) is 7.75. The Morgan fingerprint density at radius 2 is 2.18 bits per heavy atom. The Hall–Kier alpha value is -0.330. The fraction of sp³-hybridized carbons (Fsp3) is 0.750. The third kappa shape index (κ3) is 7.57. The average Bonchev–Trinajstić information content (AvgIpc) is 2.01. The zero-order chi connectivity index (χ0) is 8.53. The molecule has 0 saturated heterocycles. The molecule has 0 aliphatic heterocycles. The second-order valence-electron chi connectivity index (χ2n) is 2.14. The van der Waals surface area contributed by atoms with Crippen LogP contribution in [0.25, 0.3) is 0 Å². The lowest BCUT2D eigenvalue weighted by atomic mass is 10.5. The summed E-state index contributed by atoms with van der Waals surface area (Å²) in [5.41, 5.74) is 5.26. The molecule has 0 heterocycles. The smallest absolute Gasteiger partial charge is 0.0847 e. The van der Waals surface area contributed by atoms with E-state index in [2.05, 4.69) is 11.8 Å². The molecule has 0 aromatic rings. The Bertz CT molecular complexity index is 169. The molecule has 3 heteroatoms. The highest BCUT2D eigenvalue weighted by molar-refractivity contribution is 7.85. The molecule has 0 radical (unpaired) electrons. The molecular weight excluding hydrogens is 158 g/mol. The molecule has 0 aromatic carbocycles. The molecule has 2 N–H and O–H groups in total. The topological polar surface area (TPSA) is 43.1 Å². The number of hydrogen-bond acceptors (Lipinski definition) is 2. The summed E-state index contributed by atoms with van der Waals surface area (Å²) < 4.78 is 11.0. The lowest BCUT2D eigenvalue weighted by Gasteiger charge is -1.93. The molecular formula is C8H15NOS. The minimum Gasteiger partial charge on any atom is -0.330 e. The number of hydrogen-bond donors (Lipinski definition) is 1. The Balaban J connectivity index is 3.37. The lowest BCUT2D eigenvalue weighted by Crippen LogP contribution is -2.07. The van der Waals surface area contributed by atoms with Crippen molar-refractivity contribution in [3.05, 3.63) is 0 Å². The number of nitrogens with two attached hydrogens (primary N) is 1. The standard InChI is InChI=1S/C8H15NOS/c1-2-3-4-7-11(10)8-5-6-9/h2,5-9H2,1H3. The van der Waals surface area contributed by atoms with E-state index in [0.717, 1.165) is 12.8 Å². The Morgan fingerprint density at radius 1 is 1.45 bits per heavy atom. The van der Waals surface area contributed by atoms with Crippen LogP contribution in [-0.2, 0) is 10.8 Å². The van der Waals surface area contributed by atoms with Crippen molar-refractivity contribution < 1.29 is 4.21 Å². The van der Waals surface area contributed by atoms with Crippen molar-refractivity contribution in [1.29, 1.82) is 0 Å². The van der Waals surface area contributed by atoms with Gasteiger partial charge in [-0.25, -0.2) is 0 Å². The highest BCUT2D eigenvalue weighted by Gasteiger charge is 1.93. The molecule has 0 amide bonds. The van der Waals surface area contributed by atoms with Gasteiger partial charge in [-0.1, -0.05) is 12.8 Å². The van der Waals surface area contributed by atoms with Crippen molar-refractivity contribution in [3.63, 3.8) is 0 Å². The Kier molecular flexibility index (Phi) is 7.54. The maximum atomic E-state index is 11.0. The zero-order valence-electron chi connectivity index (χ0n) is 6.93. The summed E-state index contributed by atoms with van der Waals surface area (Å²) in [5, 5.41) is 0. The van der Waals surface area contributed by atoms with Gasteiger partial charge < -0.3 is 5.73 Å². The van der Waals surface area contributed by atoms with E-state index in [1.165, 1.54) is 0 Å². The van der Waals surface area contributed by atoms with Crippen molar-refractivity contribution in [2.45, 2.75) is 19.8 Å². The molecule has 0 rings (SSSR count). The molecule has 0 aliphatic rings. The first kappa shape index (κ1) is 10.7. The first-order valence-electron chi connectivity index (χ1n) is 3.82. The van der Waals surface area contributed by atoms with E-state index in [1.54, 1.807) is 0 Å². The van der Waals surface area contributed by atoms with Gasteiger partial charge in [0, 0.05) is 23.0 Å². The van der Waals surface area contributed by atoms with E-state index in [9.17, 15) is 4.21 Å². The molecule has 0 bridgehead atoms.